The molecule has 6 heteroatoms. The minimum atomic E-state index is -0.0309. The van der Waals surface area contributed by atoms with Gasteiger partial charge in [0.2, 0.25) is 0 Å². The van der Waals surface area contributed by atoms with E-state index in [1.807, 2.05) is 38.1 Å². The summed E-state index contributed by atoms with van der Waals surface area (Å²) >= 11 is 0. The van der Waals surface area contributed by atoms with Crippen molar-refractivity contribution >= 4 is 11.6 Å². The summed E-state index contributed by atoms with van der Waals surface area (Å²) in [7, 11) is 3.33. The average Bonchev–Trinajstić information content (AvgIpc) is 2.88. The number of carbonyl (C=O) groups is 1. The predicted molar refractivity (Wildman–Crippen MR) is 141 cm³/mol. The van der Waals surface area contributed by atoms with E-state index in [9.17, 15) is 4.79 Å². The topological polar surface area (TPSA) is 54.0 Å². The maximum absolute atomic E-state index is 12.7. The van der Waals surface area contributed by atoms with Crippen LogP contribution in [0.25, 0.3) is 0 Å². The number of anilines is 1. The van der Waals surface area contributed by atoms with Crippen LogP contribution in [-0.4, -0.2) is 51.2 Å². The van der Waals surface area contributed by atoms with Crippen molar-refractivity contribution in [2.75, 3.05) is 45.3 Å². The van der Waals surface area contributed by atoms with Crippen molar-refractivity contribution in [3.8, 4) is 11.5 Å². The lowest BCUT2D eigenvalue weighted by atomic mass is 10.1. The summed E-state index contributed by atoms with van der Waals surface area (Å²) in [5, 5.41) is 3.07. The summed E-state index contributed by atoms with van der Waals surface area (Å²) in [6, 6.07) is 20.5. The van der Waals surface area contributed by atoms with Gasteiger partial charge in [0.25, 0.3) is 5.91 Å². The van der Waals surface area contributed by atoms with Crippen molar-refractivity contribution in [3.63, 3.8) is 0 Å². The third kappa shape index (κ3) is 6.14. The number of ether oxygens (including phenoxy) is 2. The van der Waals surface area contributed by atoms with E-state index in [0.717, 1.165) is 66.5 Å². The molecule has 1 aliphatic rings. The van der Waals surface area contributed by atoms with E-state index in [4.69, 9.17) is 9.47 Å². The molecule has 0 spiro atoms. The average molecular weight is 474 g/mol. The lowest BCUT2D eigenvalue weighted by Gasteiger charge is -2.36. The lowest BCUT2D eigenvalue weighted by Crippen LogP contribution is -2.46. The highest BCUT2D eigenvalue weighted by Crippen LogP contribution is 2.28. The lowest BCUT2D eigenvalue weighted by molar-refractivity contribution is 0.0950. The molecule has 3 aromatic carbocycles. The highest BCUT2D eigenvalue weighted by molar-refractivity contribution is 5.95. The third-order valence-corrected chi connectivity index (χ3v) is 6.58. The second kappa shape index (κ2) is 11.3. The van der Waals surface area contributed by atoms with Crippen molar-refractivity contribution in [2.24, 2.45) is 0 Å². The summed E-state index contributed by atoms with van der Waals surface area (Å²) in [6.07, 6.45) is 0. The zero-order chi connectivity index (χ0) is 24.8. The SMILES string of the molecule is COc1ccc(CN2CCN(c3cccc(CNC(=O)c4ccc(C)cc4C)c3)CC2)cc1OC. The van der Waals surface area contributed by atoms with E-state index < -0.39 is 0 Å². The molecular weight excluding hydrogens is 438 g/mol. The number of rotatable bonds is 8. The molecule has 4 rings (SSSR count). The van der Waals surface area contributed by atoms with E-state index in [1.54, 1.807) is 14.2 Å². The highest BCUT2D eigenvalue weighted by atomic mass is 16.5. The number of hydrogen-bond donors (Lipinski definition) is 1. The quantitative estimate of drug-likeness (QED) is 0.519. The van der Waals surface area contributed by atoms with Crippen LogP contribution in [0, 0.1) is 13.8 Å². The molecule has 0 saturated carbocycles. The van der Waals surface area contributed by atoms with Crippen LogP contribution in [0.2, 0.25) is 0 Å². The van der Waals surface area contributed by atoms with Crippen LogP contribution in [0.15, 0.2) is 60.7 Å². The Hall–Kier alpha value is -3.51. The molecule has 1 N–H and O–H groups in total. The van der Waals surface area contributed by atoms with Crippen molar-refractivity contribution in [1.29, 1.82) is 0 Å². The van der Waals surface area contributed by atoms with Gasteiger partial charge in [-0.1, -0.05) is 35.9 Å². The molecule has 0 radical (unpaired) electrons. The molecule has 1 saturated heterocycles. The smallest absolute Gasteiger partial charge is 0.251 e. The van der Waals surface area contributed by atoms with Gasteiger partial charge in [0.1, 0.15) is 0 Å². The zero-order valence-electron chi connectivity index (χ0n) is 21.1. The van der Waals surface area contributed by atoms with E-state index in [1.165, 1.54) is 11.3 Å². The van der Waals surface area contributed by atoms with Gasteiger partial charge in [0.15, 0.2) is 11.5 Å². The predicted octanol–water partition coefficient (Wildman–Crippen LogP) is 4.57. The first-order chi connectivity index (χ1) is 17.0. The van der Waals surface area contributed by atoms with Gasteiger partial charge in [-0.05, 0) is 60.9 Å². The fourth-order valence-corrected chi connectivity index (χ4v) is 4.61. The monoisotopic (exact) mass is 473 g/mol. The van der Waals surface area contributed by atoms with E-state index in [2.05, 4.69) is 51.5 Å². The molecular formula is C29H35N3O3. The van der Waals surface area contributed by atoms with Gasteiger partial charge in [-0.15, -0.1) is 0 Å². The van der Waals surface area contributed by atoms with E-state index in [-0.39, 0.29) is 5.91 Å². The van der Waals surface area contributed by atoms with Gasteiger partial charge >= 0.3 is 0 Å². The molecule has 1 fully saturated rings. The van der Waals surface area contributed by atoms with Crippen LogP contribution in [0.3, 0.4) is 0 Å². The second-order valence-corrected chi connectivity index (χ2v) is 9.12. The number of carbonyl (C=O) groups excluding carboxylic acids is 1. The minimum Gasteiger partial charge on any atom is -0.493 e. The summed E-state index contributed by atoms with van der Waals surface area (Å²) in [5.74, 6) is 1.49. The zero-order valence-corrected chi connectivity index (χ0v) is 21.1. The first-order valence-corrected chi connectivity index (χ1v) is 12.1. The molecule has 0 atom stereocenters. The number of aryl methyl sites for hydroxylation is 2. The molecule has 1 amide bonds. The second-order valence-electron chi connectivity index (χ2n) is 9.12. The molecule has 35 heavy (non-hydrogen) atoms. The fourth-order valence-electron chi connectivity index (χ4n) is 4.61. The van der Waals surface area contributed by atoms with Gasteiger partial charge in [0.05, 0.1) is 14.2 Å². The number of benzene rings is 3. The summed E-state index contributed by atoms with van der Waals surface area (Å²) in [5.41, 5.74) is 6.43. The Labute approximate surface area is 208 Å². The van der Waals surface area contributed by atoms with Crippen LogP contribution in [0.5, 0.6) is 11.5 Å². The Bertz CT molecular complexity index is 1170. The van der Waals surface area contributed by atoms with Gasteiger partial charge in [-0.25, -0.2) is 0 Å². The molecule has 6 nitrogen and oxygen atoms in total. The van der Waals surface area contributed by atoms with Crippen LogP contribution >= 0.6 is 0 Å². The number of piperazine rings is 1. The van der Waals surface area contributed by atoms with E-state index >= 15 is 0 Å². The Morgan fingerprint density at radius 1 is 0.857 bits per heavy atom. The Kier molecular flexibility index (Phi) is 7.93. The van der Waals surface area contributed by atoms with E-state index in [0.29, 0.717) is 6.54 Å². The Morgan fingerprint density at radius 3 is 2.34 bits per heavy atom. The van der Waals surface area contributed by atoms with Gasteiger partial charge in [-0.3, -0.25) is 9.69 Å². The van der Waals surface area contributed by atoms with Crippen molar-refractivity contribution in [2.45, 2.75) is 26.9 Å². The number of methoxy groups -OCH3 is 2. The number of nitrogens with one attached hydrogen (secondary N) is 1. The van der Waals surface area contributed by atoms with Gasteiger partial charge in [0, 0.05) is 50.5 Å². The Morgan fingerprint density at radius 2 is 1.63 bits per heavy atom. The Balaban J connectivity index is 1.31. The van der Waals surface area contributed by atoms with Crippen molar-refractivity contribution in [3.05, 3.63) is 88.5 Å². The first kappa shape index (κ1) is 24.6. The molecule has 0 bridgehead atoms. The summed E-state index contributed by atoms with van der Waals surface area (Å²) in [4.78, 5) is 17.5. The molecule has 1 aliphatic heterocycles. The standard InChI is InChI=1S/C29H35N3O3/c1-21-8-10-26(22(2)16-21)29(33)30-19-23-6-5-7-25(17-23)32-14-12-31(13-15-32)20-24-9-11-27(34-3)28(18-24)35-4/h5-11,16-18H,12-15,19-20H2,1-4H3,(H,30,33). The normalized spacial score (nSPS) is 14.0. The molecule has 0 unspecified atom stereocenters. The van der Waals surface area contributed by atoms with Crippen LogP contribution in [-0.2, 0) is 13.1 Å². The number of amides is 1. The summed E-state index contributed by atoms with van der Waals surface area (Å²) < 4.78 is 10.8. The number of nitrogens with zero attached hydrogens (tertiary/aromatic N) is 2. The molecule has 184 valence electrons. The largest absolute Gasteiger partial charge is 0.493 e. The van der Waals surface area contributed by atoms with Crippen molar-refractivity contribution in [1.82, 2.24) is 10.2 Å². The molecule has 0 aromatic heterocycles. The fraction of sp³-hybridized carbons (Fsp3) is 0.345. The first-order valence-electron chi connectivity index (χ1n) is 12.1. The van der Waals surface area contributed by atoms with Gasteiger partial charge in [-0.2, -0.15) is 0 Å². The maximum atomic E-state index is 12.7. The summed E-state index contributed by atoms with van der Waals surface area (Å²) in [6.45, 7) is 9.32. The molecule has 0 aliphatic carbocycles. The van der Waals surface area contributed by atoms with Crippen molar-refractivity contribution < 1.29 is 14.3 Å². The molecule has 1 heterocycles. The third-order valence-electron chi connectivity index (χ3n) is 6.58. The maximum Gasteiger partial charge on any atom is 0.251 e. The molecule has 3 aromatic rings. The van der Waals surface area contributed by atoms with Crippen LogP contribution in [0.4, 0.5) is 5.69 Å². The minimum absolute atomic E-state index is 0.0309. The van der Waals surface area contributed by atoms with Crippen LogP contribution in [0.1, 0.15) is 32.6 Å². The number of hydrogen-bond acceptors (Lipinski definition) is 5. The van der Waals surface area contributed by atoms with Crippen LogP contribution < -0.4 is 19.7 Å². The van der Waals surface area contributed by atoms with Gasteiger partial charge < -0.3 is 19.7 Å². The highest BCUT2D eigenvalue weighted by Gasteiger charge is 2.18.